The highest BCUT2D eigenvalue weighted by Gasteiger charge is 2.18. The van der Waals surface area contributed by atoms with E-state index in [9.17, 15) is 13.2 Å². The number of carbonyl (C=O) groups is 1. The highest BCUT2D eigenvalue weighted by Crippen LogP contribution is 2.22. The Morgan fingerprint density at radius 3 is 2.33 bits per heavy atom. The molecule has 0 saturated heterocycles. The molecular formula is C15H15NO4S. The summed E-state index contributed by atoms with van der Waals surface area (Å²) in [7, 11) is -3.82. The molecule has 0 fully saturated rings. The average Bonchev–Trinajstić information content (AvgIpc) is 2.40. The van der Waals surface area contributed by atoms with E-state index in [1.807, 2.05) is 0 Å². The Balaban J connectivity index is 2.44. The monoisotopic (exact) mass is 305 g/mol. The Kier molecular flexibility index (Phi) is 3.99. The van der Waals surface area contributed by atoms with E-state index in [0.29, 0.717) is 0 Å². The molecule has 110 valence electrons. The Hall–Kier alpha value is -2.34. The van der Waals surface area contributed by atoms with Crippen LogP contribution in [-0.4, -0.2) is 19.5 Å². The molecule has 0 aliphatic heterocycles. The number of nitrogens with one attached hydrogen (secondary N) is 1. The zero-order chi connectivity index (χ0) is 15.6. The van der Waals surface area contributed by atoms with Crippen molar-refractivity contribution in [2.75, 3.05) is 4.72 Å². The Bertz CT molecular complexity index is 797. The first-order valence-electron chi connectivity index (χ1n) is 6.23. The van der Waals surface area contributed by atoms with Crippen LogP contribution in [0.2, 0.25) is 0 Å². The van der Waals surface area contributed by atoms with Gasteiger partial charge in [0, 0.05) is 0 Å². The van der Waals surface area contributed by atoms with E-state index in [1.165, 1.54) is 24.3 Å². The highest BCUT2D eigenvalue weighted by molar-refractivity contribution is 7.92. The van der Waals surface area contributed by atoms with Crippen molar-refractivity contribution in [1.82, 2.24) is 0 Å². The molecule has 5 nitrogen and oxygen atoms in total. The highest BCUT2D eigenvalue weighted by atomic mass is 32.2. The van der Waals surface area contributed by atoms with Crippen molar-refractivity contribution in [2.45, 2.75) is 18.7 Å². The van der Waals surface area contributed by atoms with E-state index in [0.717, 1.165) is 11.1 Å². The van der Waals surface area contributed by atoms with Gasteiger partial charge < -0.3 is 5.11 Å². The van der Waals surface area contributed by atoms with E-state index in [2.05, 4.69) is 4.72 Å². The van der Waals surface area contributed by atoms with Crippen LogP contribution in [0.25, 0.3) is 0 Å². The molecule has 0 spiro atoms. The maximum atomic E-state index is 12.3. The zero-order valence-electron chi connectivity index (χ0n) is 11.6. The molecule has 21 heavy (non-hydrogen) atoms. The number of aryl methyl sites for hydroxylation is 2. The lowest BCUT2D eigenvalue weighted by molar-refractivity contribution is 0.0698. The second-order valence-electron chi connectivity index (χ2n) is 4.78. The number of sulfonamides is 1. The van der Waals surface area contributed by atoms with Crippen LogP contribution in [0.1, 0.15) is 21.5 Å². The standard InChI is InChI=1S/C15H15NO4S/c1-10-4-3-5-12(8-10)21(19,20)16-14-7-6-11(2)9-13(14)15(17)18/h3-9,16H,1-2H3,(H,17,18). The molecule has 0 aliphatic carbocycles. The van der Waals surface area contributed by atoms with Gasteiger partial charge in [0.05, 0.1) is 16.1 Å². The molecule has 0 saturated carbocycles. The zero-order valence-corrected chi connectivity index (χ0v) is 12.4. The molecule has 0 aliphatic rings. The third kappa shape index (κ3) is 3.41. The van der Waals surface area contributed by atoms with Crippen LogP contribution in [0, 0.1) is 13.8 Å². The number of aromatic carboxylic acids is 1. The van der Waals surface area contributed by atoms with Crippen LogP contribution in [0.3, 0.4) is 0 Å². The second kappa shape index (κ2) is 5.57. The molecular weight excluding hydrogens is 290 g/mol. The van der Waals surface area contributed by atoms with Crippen LogP contribution in [0.15, 0.2) is 47.4 Å². The summed E-state index contributed by atoms with van der Waals surface area (Å²) in [6.07, 6.45) is 0. The van der Waals surface area contributed by atoms with Gasteiger partial charge in [-0.05, 0) is 43.7 Å². The fourth-order valence-electron chi connectivity index (χ4n) is 1.91. The molecule has 2 aromatic carbocycles. The van der Waals surface area contributed by atoms with Crippen molar-refractivity contribution >= 4 is 21.7 Å². The van der Waals surface area contributed by atoms with E-state index in [-0.39, 0.29) is 16.1 Å². The van der Waals surface area contributed by atoms with Gasteiger partial charge >= 0.3 is 5.97 Å². The lowest BCUT2D eigenvalue weighted by Crippen LogP contribution is -2.15. The summed E-state index contributed by atoms with van der Waals surface area (Å²) < 4.78 is 26.9. The number of hydrogen-bond donors (Lipinski definition) is 2. The summed E-state index contributed by atoms with van der Waals surface area (Å²) in [5.41, 5.74) is 1.52. The van der Waals surface area contributed by atoms with Crippen molar-refractivity contribution in [1.29, 1.82) is 0 Å². The fourth-order valence-corrected chi connectivity index (χ4v) is 3.09. The number of carboxylic acid groups (broad SMARTS) is 1. The minimum Gasteiger partial charge on any atom is -0.478 e. The van der Waals surface area contributed by atoms with Crippen molar-refractivity contribution < 1.29 is 18.3 Å². The fraction of sp³-hybridized carbons (Fsp3) is 0.133. The molecule has 0 unspecified atom stereocenters. The van der Waals surface area contributed by atoms with E-state index >= 15 is 0 Å². The maximum absolute atomic E-state index is 12.3. The smallest absolute Gasteiger partial charge is 0.337 e. The predicted molar refractivity (Wildman–Crippen MR) is 80.1 cm³/mol. The van der Waals surface area contributed by atoms with E-state index < -0.39 is 16.0 Å². The summed E-state index contributed by atoms with van der Waals surface area (Å²) in [4.78, 5) is 11.3. The SMILES string of the molecule is Cc1cccc(S(=O)(=O)Nc2ccc(C)cc2C(=O)O)c1. The van der Waals surface area contributed by atoms with Crippen molar-refractivity contribution in [3.8, 4) is 0 Å². The molecule has 0 bridgehead atoms. The molecule has 0 amide bonds. The second-order valence-corrected chi connectivity index (χ2v) is 6.46. The summed E-state index contributed by atoms with van der Waals surface area (Å²) in [5.74, 6) is -1.18. The Labute approximate surface area is 123 Å². The predicted octanol–water partition coefficient (Wildman–Crippen LogP) is 2.80. The third-order valence-electron chi connectivity index (χ3n) is 2.95. The summed E-state index contributed by atoms with van der Waals surface area (Å²) in [6, 6.07) is 10.9. The van der Waals surface area contributed by atoms with Crippen molar-refractivity contribution in [3.63, 3.8) is 0 Å². The van der Waals surface area contributed by atoms with Crippen LogP contribution in [0.5, 0.6) is 0 Å². The number of hydrogen-bond acceptors (Lipinski definition) is 3. The van der Waals surface area contributed by atoms with Gasteiger partial charge in [0.25, 0.3) is 10.0 Å². The molecule has 2 rings (SSSR count). The molecule has 0 aromatic heterocycles. The quantitative estimate of drug-likeness (QED) is 0.909. The number of carboxylic acids is 1. The molecule has 6 heteroatoms. The number of benzene rings is 2. The molecule has 2 N–H and O–H groups in total. The largest absolute Gasteiger partial charge is 0.478 e. The van der Waals surface area contributed by atoms with Gasteiger partial charge in [0.15, 0.2) is 0 Å². The van der Waals surface area contributed by atoms with Gasteiger partial charge in [0.1, 0.15) is 0 Å². The topological polar surface area (TPSA) is 83.5 Å². The van der Waals surface area contributed by atoms with Crippen LogP contribution < -0.4 is 4.72 Å². The van der Waals surface area contributed by atoms with Gasteiger partial charge in [-0.2, -0.15) is 0 Å². The van der Waals surface area contributed by atoms with E-state index in [1.54, 1.807) is 32.0 Å². The van der Waals surface area contributed by atoms with Crippen LogP contribution in [0.4, 0.5) is 5.69 Å². The molecule has 2 aromatic rings. The summed E-state index contributed by atoms with van der Waals surface area (Å²) >= 11 is 0. The first-order valence-corrected chi connectivity index (χ1v) is 7.71. The average molecular weight is 305 g/mol. The maximum Gasteiger partial charge on any atom is 0.337 e. The van der Waals surface area contributed by atoms with Crippen molar-refractivity contribution in [3.05, 3.63) is 59.2 Å². The van der Waals surface area contributed by atoms with Crippen LogP contribution >= 0.6 is 0 Å². The Morgan fingerprint density at radius 1 is 1.05 bits per heavy atom. The first kappa shape index (κ1) is 15.1. The summed E-state index contributed by atoms with van der Waals surface area (Å²) in [6.45, 7) is 3.53. The normalized spacial score (nSPS) is 11.1. The Morgan fingerprint density at radius 2 is 1.71 bits per heavy atom. The number of rotatable bonds is 4. The molecule has 0 heterocycles. The third-order valence-corrected chi connectivity index (χ3v) is 4.31. The van der Waals surface area contributed by atoms with Gasteiger partial charge in [-0.15, -0.1) is 0 Å². The lowest BCUT2D eigenvalue weighted by Gasteiger charge is -2.11. The van der Waals surface area contributed by atoms with Gasteiger partial charge in [-0.1, -0.05) is 23.8 Å². The van der Waals surface area contributed by atoms with Gasteiger partial charge in [-0.25, -0.2) is 13.2 Å². The minimum absolute atomic E-state index is 0.0506. The first-order chi connectivity index (χ1) is 9.79. The molecule has 0 radical (unpaired) electrons. The molecule has 0 atom stereocenters. The van der Waals surface area contributed by atoms with E-state index in [4.69, 9.17) is 5.11 Å². The van der Waals surface area contributed by atoms with Crippen molar-refractivity contribution in [2.24, 2.45) is 0 Å². The van der Waals surface area contributed by atoms with Gasteiger partial charge in [-0.3, -0.25) is 4.72 Å². The van der Waals surface area contributed by atoms with Gasteiger partial charge in [0.2, 0.25) is 0 Å². The lowest BCUT2D eigenvalue weighted by atomic mass is 10.1. The minimum atomic E-state index is -3.82. The number of anilines is 1. The van der Waals surface area contributed by atoms with Crippen LogP contribution in [-0.2, 0) is 10.0 Å². The summed E-state index contributed by atoms with van der Waals surface area (Å²) in [5, 5.41) is 9.17.